The number of aromatic amines is 1. The van der Waals surface area contributed by atoms with E-state index in [1.165, 1.54) is 24.5 Å². The van der Waals surface area contributed by atoms with E-state index in [4.69, 9.17) is 5.11 Å². The van der Waals surface area contributed by atoms with E-state index < -0.39 is 5.97 Å². The minimum Gasteiger partial charge on any atom is -0.478 e. The summed E-state index contributed by atoms with van der Waals surface area (Å²) in [5.41, 5.74) is 0.577. The zero-order valence-corrected chi connectivity index (χ0v) is 9.62. The highest BCUT2D eigenvalue weighted by Crippen LogP contribution is 2.18. The Bertz CT molecular complexity index is 619. The molecule has 0 saturated heterocycles. The molecule has 0 saturated carbocycles. The molecule has 0 aliphatic carbocycles. The minimum atomic E-state index is -0.986. The lowest BCUT2D eigenvalue weighted by Gasteiger charge is -2.16. The lowest BCUT2D eigenvalue weighted by atomic mass is 10.2. The van der Waals surface area contributed by atoms with Crippen molar-refractivity contribution in [1.82, 2.24) is 9.97 Å². The number of hydrogen-bond acceptors (Lipinski definition) is 4. The van der Waals surface area contributed by atoms with Crippen LogP contribution in [0.2, 0.25) is 0 Å². The first kappa shape index (κ1) is 11.8. The molecule has 0 aliphatic heterocycles. The van der Waals surface area contributed by atoms with Gasteiger partial charge >= 0.3 is 5.97 Å². The van der Waals surface area contributed by atoms with Crippen LogP contribution in [0.15, 0.2) is 41.5 Å². The molecule has 6 heteroatoms. The van der Waals surface area contributed by atoms with Crippen LogP contribution in [0.3, 0.4) is 0 Å². The third-order valence-corrected chi connectivity index (χ3v) is 2.51. The summed E-state index contributed by atoms with van der Waals surface area (Å²) in [5, 5.41) is 8.79. The topological polar surface area (TPSA) is 86.3 Å². The second-order valence-electron chi connectivity index (χ2n) is 3.65. The summed E-state index contributed by atoms with van der Waals surface area (Å²) in [6.07, 6.45) is 2.94. The Kier molecular flexibility index (Phi) is 3.09. The highest BCUT2D eigenvalue weighted by Gasteiger charge is 2.10. The van der Waals surface area contributed by atoms with Gasteiger partial charge in [-0.15, -0.1) is 0 Å². The molecule has 0 aliphatic rings. The predicted molar refractivity (Wildman–Crippen MR) is 66.3 cm³/mol. The Morgan fingerprint density at radius 3 is 2.56 bits per heavy atom. The van der Waals surface area contributed by atoms with E-state index >= 15 is 0 Å². The van der Waals surface area contributed by atoms with Gasteiger partial charge in [-0.3, -0.25) is 4.79 Å². The molecular formula is C12H11N3O3. The number of carbonyl (C=O) groups is 1. The molecule has 92 valence electrons. The van der Waals surface area contributed by atoms with Gasteiger partial charge in [-0.05, 0) is 24.3 Å². The van der Waals surface area contributed by atoms with Gasteiger partial charge in [0.2, 0.25) is 0 Å². The summed E-state index contributed by atoms with van der Waals surface area (Å²) < 4.78 is 0. The van der Waals surface area contributed by atoms with Crippen molar-refractivity contribution in [2.24, 2.45) is 0 Å². The molecule has 0 amide bonds. The van der Waals surface area contributed by atoms with Crippen molar-refractivity contribution in [2.45, 2.75) is 0 Å². The maximum Gasteiger partial charge on any atom is 0.335 e. The van der Waals surface area contributed by atoms with Crippen LogP contribution in [0, 0.1) is 0 Å². The van der Waals surface area contributed by atoms with E-state index in [-0.39, 0.29) is 16.9 Å². The van der Waals surface area contributed by atoms with Crippen LogP contribution in [-0.2, 0) is 0 Å². The largest absolute Gasteiger partial charge is 0.478 e. The third kappa shape index (κ3) is 2.22. The van der Waals surface area contributed by atoms with Gasteiger partial charge in [0.15, 0.2) is 5.82 Å². The molecule has 1 aromatic carbocycles. The van der Waals surface area contributed by atoms with Crippen LogP contribution in [0.25, 0.3) is 0 Å². The highest BCUT2D eigenvalue weighted by molar-refractivity contribution is 5.88. The van der Waals surface area contributed by atoms with Gasteiger partial charge < -0.3 is 15.0 Å². The minimum absolute atomic E-state index is 0.196. The summed E-state index contributed by atoms with van der Waals surface area (Å²) in [5.74, 6) is -0.736. The number of aromatic nitrogens is 2. The van der Waals surface area contributed by atoms with Gasteiger partial charge in [0.05, 0.1) is 5.56 Å². The molecule has 18 heavy (non-hydrogen) atoms. The fourth-order valence-corrected chi connectivity index (χ4v) is 1.53. The first-order valence-electron chi connectivity index (χ1n) is 5.20. The van der Waals surface area contributed by atoms with Gasteiger partial charge in [0.1, 0.15) is 0 Å². The number of aromatic carboxylic acids is 1. The molecule has 0 fully saturated rings. The number of H-pyrrole nitrogens is 1. The van der Waals surface area contributed by atoms with Gasteiger partial charge in [-0.25, -0.2) is 9.78 Å². The van der Waals surface area contributed by atoms with Gasteiger partial charge in [-0.1, -0.05) is 0 Å². The lowest BCUT2D eigenvalue weighted by Crippen LogP contribution is -2.21. The summed E-state index contributed by atoms with van der Waals surface area (Å²) in [7, 11) is 1.69. The van der Waals surface area contributed by atoms with Crippen LogP contribution in [0.1, 0.15) is 10.4 Å². The highest BCUT2D eigenvalue weighted by atomic mass is 16.4. The summed E-state index contributed by atoms with van der Waals surface area (Å²) in [4.78, 5) is 30.4. The molecular weight excluding hydrogens is 234 g/mol. The van der Waals surface area contributed by atoms with E-state index in [9.17, 15) is 9.59 Å². The fraction of sp³-hybridized carbons (Fsp3) is 0.0833. The monoisotopic (exact) mass is 245 g/mol. The number of carboxylic acids is 1. The molecule has 6 nitrogen and oxygen atoms in total. The molecule has 2 aromatic rings. The van der Waals surface area contributed by atoms with E-state index in [0.717, 1.165) is 0 Å². The Morgan fingerprint density at radius 1 is 1.33 bits per heavy atom. The number of nitrogens with zero attached hydrogens (tertiary/aromatic N) is 2. The average Bonchev–Trinajstić information content (AvgIpc) is 2.38. The number of benzene rings is 1. The van der Waals surface area contributed by atoms with Crippen LogP contribution in [0.4, 0.5) is 11.5 Å². The van der Waals surface area contributed by atoms with E-state index in [2.05, 4.69) is 9.97 Å². The van der Waals surface area contributed by atoms with Crippen molar-refractivity contribution in [1.29, 1.82) is 0 Å². The third-order valence-electron chi connectivity index (χ3n) is 2.51. The van der Waals surface area contributed by atoms with Crippen molar-refractivity contribution >= 4 is 17.5 Å². The molecule has 2 rings (SSSR count). The molecule has 0 atom stereocenters. The zero-order valence-electron chi connectivity index (χ0n) is 9.62. The van der Waals surface area contributed by atoms with Crippen molar-refractivity contribution < 1.29 is 9.90 Å². The number of rotatable bonds is 3. The Morgan fingerprint density at radius 2 is 2.00 bits per heavy atom. The Balaban J connectivity index is 2.35. The summed E-state index contributed by atoms with van der Waals surface area (Å²) in [6.45, 7) is 0. The van der Waals surface area contributed by atoms with E-state index in [0.29, 0.717) is 5.69 Å². The SMILES string of the molecule is CN(c1ccc(C(=O)O)cc1)c1ncc[nH]c1=O. The van der Waals surface area contributed by atoms with Gasteiger partial charge in [0.25, 0.3) is 5.56 Å². The molecule has 1 aromatic heterocycles. The average molecular weight is 245 g/mol. The smallest absolute Gasteiger partial charge is 0.335 e. The van der Waals surface area contributed by atoms with Crippen LogP contribution >= 0.6 is 0 Å². The molecule has 0 radical (unpaired) electrons. The van der Waals surface area contributed by atoms with Crippen molar-refractivity contribution in [3.63, 3.8) is 0 Å². The van der Waals surface area contributed by atoms with Crippen LogP contribution < -0.4 is 10.5 Å². The Labute approximate surface area is 103 Å². The second-order valence-corrected chi connectivity index (χ2v) is 3.65. The van der Waals surface area contributed by atoms with Gasteiger partial charge in [-0.2, -0.15) is 0 Å². The van der Waals surface area contributed by atoms with Gasteiger partial charge in [0, 0.05) is 25.1 Å². The number of carboxylic acid groups (broad SMARTS) is 1. The Hall–Kier alpha value is -2.63. The maximum atomic E-state index is 11.6. The number of nitrogens with one attached hydrogen (secondary N) is 1. The fourth-order valence-electron chi connectivity index (χ4n) is 1.53. The van der Waals surface area contributed by atoms with Crippen LogP contribution in [-0.4, -0.2) is 28.1 Å². The van der Waals surface area contributed by atoms with Crippen molar-refractivity contribution in [3.8, 4) is 0 Å². The molecule has 0 bridgehead atoms. The first-order valence-corrected chi connectivity index (χ1v) is 5.20. The summed E-state index contributed by atoms with van der Waals surface area (Å²) in [6, 6.07) is 6.20. The predicted octanol–water partition coefficient (Wildman–Crippen LogP) is 1.24. The summed E-state index contributed by atoms with van der Waals surface area (Å²) >= 11 is 0. The maximum absolute atomic E-state index is 11.6. The number of anilines is 2. The molecule has 2 N–H and O–H groups in total. The number of hydrogen-bond donors (Lipinski definition) is 2. The zero-order chi connectivity index (χ0) is 13.1. The quantitative estimate of drug-likeness (QED) is 0.849. The molecule has 0 spiro atoms. The second kappa shape index (κ2) is 4.70. The van der Waals surface area contributed by atoms with Crippen LogP contribution in [0.5, 0.6) is 0 Å². The lowest BCUT2D eigenvalue weighted by molar-refractivity contribution is 0.0697. The molecule has 0 unspecified atom stereocenters. The van der Waals surface area contributed by atoms with Crippen molar-refractivity contribution in [2.75, 3.05) is 11.9 Å². The first-order chi connectivity index (χ1) is 8.59. The van der Waals surface area contributed by atoms with Crippen molar-refractivity contribution in [3.05, 3.63) is 52.6 Å². The standard InChI is InChI=1S/C12H11N3O3/c1-15(10-11(16)14-7-6-13-10)9-4-2-8(3-5-9)12(17)18/h2-7H,1H3,(H,14,16)(H,17,18). The molecule has 1 heterocycles. The van der Waals surface area contributed by atoms with E-state index in [1.807, 2.05) is 0 Å². The van der Waals surface area contributed by atoms with E-state index in [1.54, 1.807) is 24.1 Å². The normalized spacial score (nSPS) is 10.1.